The number of carbonyl (C=O) groups excluding carboxylic acids is 2. The monoisotopic (exact) mass is 643 g/mol. The van der Waals surface area contributed by atoms with Gasteiger partial charge in [-0.3, -0.25) is 14.5 Å². The third-order valence-electron chi connectivity index (χ3n) is 6.82. The van der Waals surface area contributed by atoms with Gasteiger partial charge in [0.05, 0.1) is 43.2 Å². The minimum absolute atomic E-state index is 0.00616. The number of fused-ring (bicyclic) bond motifs is 1. The zero-order valence-corrected chi connectivity index (χ0v) is 25.8. The van der Waals surface area contributed by atoms with Crippen LogP contribution in [-0.2, 0) is 22.4 Å². The van der Waals surface area contributed by atoms with E-state index in [0.29, 0.717) is 45.2 Å². The summed E-state index contributed by atoms with van der Waals surface area (Å²) < 4.78 is 26.6. The van der Waals surface area contributed by atoms with Crippen LogP contribution in [0.15, 0.2) is 91.3 Å². The fourth-order valence-electron chi connectivity index (χ4n) is 4.75. The number of hydrogen-bond acceptors (Lipinski definition) is 8. The fourth-order valence-corrected chi connectivity index (χ4v) is 5.21. The third-order valence-corrected chi connectivity index (χ3v) is 7.24. The Hall–Kier alpha value is -5.13. The van der Waals surface area contributed by atoms with Gasteiger partial charge in [0.1, 0.15) is 18.0 Å². The van der Waals surface area contributed by atoms with Crippen LogP contribution in [-0.4, -0.2) is 40.4 Å². The van der Waals surface area contributed by atoms with Crippen molar-refractivity contribution in [3.05, 3.63) is 108 Å². The minimum Gasteiger partial charge on any atom is -0.493 e. The number of methoxy groups -OCH3 is 2. The molecule has 0 unspecified atom stereocenters. The van der Waals surface area contributed by atoms with Crippen LogP contribution >= 0.6 is 23.8 Å². The summed E-state index contributed by atoms with van der Waals surface area (Å²) in [6.07, 6.45) is 1.33. The quantitative estimate of drug-likeness (QED) is 0.128. The molecule has 4 aromatic carbocycles. The van der Waals surface area contributed by atoms with E-state index in [2.05, 4.69) is 20.6 Å². The number of halogens is 2. The van der Waals surface area contributed by atoms with E-state index in [1.54, 1.807) is 42.5 Å². The first-order valence-corrected chi connectivity index (χ1v) is 14.4. The van der Waals surface area contributed by atoms with Gasteiger partial charge in [0.2, 0.25) is 11.1 Å². The topological polar surface area (TPSA) is 106 Å². The number of amides is 1. The number of nitrogens with zero attached hydrogens (tertiary/aromatic N) is 3. The van der Waals surface area contributed by atoms with E-state index >= 15 is 4.39 Å². The van der Waals surface area contributed by atoms with E-state index in [1.165, 1.54) is 37.6 Å². The Morgan fingerprint density at radius 2 is 1.62 bits per heavy atom. The van der Waals surface area contributed by atoms with Gasteiger partial charge in [0, 0.05) is 23.9 Å². The number of rotatable bonds is 10. The lowest BCUT2D eigenvalue weighted by molar-refractivity contribution is -0.119. The summed E-state index contributed by atoms with van der Waals surface area (Å²) in [5, 5.41) is 5.77. The zero-order chi connectivity index (χ0) is 31.9. The molecule has 0 bridgehead atoms. The maximum Gasteiger partial charge on any atom is 0.230 e. The maximum absolute atomic E-state index is 15.8. The van der Waals surface area contributed by atoms with Crippen LogP contribution in [0.1, 0.15) is 11.1 Å². The molecule has 228 valence electrons. The molecule has 0 aliphatic rings. The highest BCUT2D eigenvalue weighted by Crippen LogP contribution is 2.36. The largest absolute Gasteiger partial charge is 0.493 e. The zero-order valence-electron chi connectivity index (χ0n) is 24.2. The molecule has 0 aliphatic carbocycles. The van der Waals surface area contributed by atoms with Gasteiger partial charge in [0.25, 0.3) is 0 Å². The number of aromatic nitrogens is 2. The van der Waals surface area contributed by atoms with E-state index in [-0.39, 0.29) is 29.5 Å². The summed E-state index contributed by atoms with van der Waals surface area (Å²) in [6, 6.07) is 23.9. The number of hydrogen-bond donors (Lipinski definition) is 2. The molecule has 1 aromatic heterocycles. The summed E-state index contributed by atoms with van der Waals surface area (Å²) in [6.45, 7) is 0. The number of para-hydroxylation sites is 1. The van der Waals surface area contributed by atoms with Crippen LogP contribution in [0.5, 0.6) is 11.5 Å². The Morgan fingerprint density at radius 1 is 0.911 bits per heavy atom. The molecule has 5 rings (SSSR count). The fraction of sp³-hybridized carbons (Fsp3) is 0.121. The summed E-state index contributed by atoms with van der Waals surface area (Å²) in [4.78, 5) is 34.9. The molecule has 1 heterocycles. The highest BCUT2D eigenvalue weighted by Gasteiger charge is 2.22. The third kappa shape index (κ3) is 7.34. The Bertz CT molecular complexity index is 1890. The van der Waals surface area contributed by atoms with Crippen molar-refractivity contribution in [2.24, 2.45) is 0 Å². The lowest BCUT2D eigenvalue weighted by Crippen LogP contribution is -2.41. The lowest BCUT2D eigenvalue weighted by Gasteiger charge is -2.28. The summed E-state index contributed by atoms with van der Waals surface area (Å²) >= 11 is 11.4. The molecule has 0 saturated heterocycles. The Labute approximate surface area is 269 Å². The first-order chi connectivity index (χ1) is 21.8. The van der Waals surface area contributed by atoms with Crippen molar-refractivity contribution < 1.29 is 23.5 Å². The SMILES string of the molecule is COc1cc2ncnc(Nc3ccc(N(C(=S)NC(=O)Cc4ccccc4)c4ccccc4CC(=O)Cl)cc3F)c2cc1OC. The average molecular weight is 644 g/mol. The summed E-state index contributed by atoms with van der Waals surface area (Å²) in [5.74, 6) is 0.316. The first kappa shape index (κ1) is 31.3. The predicted octanol–water partition coefficient (Wildman–Crippen LogP) is 6.62. The standard InChI is InChI=1S/C33H27ClFN5O4S/c1-43-28-17-23-26(18-29(28)44-2)36-19-37-32(23)38-25-13-12-22(16-24(25)35)40(27-11-7-6-10-21(27)15-30(34)41)33(45)39-31(42)14-20-8-4-3-5-9-20/h3-13,16-19H,14-15H2,1-2H3,(H,36,37,38)(H,39,42,45). The van der Waals surface area contributed by atoms with Gasteiger partial charge in [-0.15, -0.1) is 0 Å². The van der Waals surface area contributed by atoms with Crippen LogP contribution in [0, 0.1) is 5.82 Å². The van der Waals surface area contributed by atoms with Gasteiger partial charge in [-0.1, -0.05) is 48.5 Å². The molecule has 5 aromatic rings. The molecule has 1 amide bonds. The second kappa shape index (κ2) is 14.1. The van der Waals surface area contributed by atoms with Crippen molar-refractivity contribution in [3.63, 3.8) is 0 Å². The Morgan fingerprint density at radius 3 is 2.33 bits per heavy atom. The molecule has 45 heavy (non-hydrogen) atoms. The van der Waals surface area contributed by atoms with E-state index in [1.807, 2.05) is 30.3 Å². The van der Waals surface area contributed by atoms with E-state index < -0.39 is 11.1 Å². The lowest BCUT2D eigenvalue weighted by atomic mass is 10.1. The van der Waals surface area contributed by atoms with Crippen LogP contribution < -0.4 is 25.0 Å². The number of carbonyl (C=O) groups is 2. The second-order valence-corrected chi connectivity index (χ2v) is 10.6. The van der Waals surface area contributed by atoms with Crippen molar-refractivity contribution in [2.45, 2.75) is 12.8 Å². The van der Waals surface area contributed by atoms with Crippen LogP contribution in [0.25, 0.3) is 10.9 Å². The normalized spacial score (nSPS) is 10.7. The van der Waals surface area contributed by atoms with E-state index in [4.69, 9.17) is 33.3 Å². The van der Waals surface area contributed by atoms with Gasteiger partial charge >= 0.3 is 0 Å². The molecule has 0 atom stereocenters. The Balaban J connectivity index is 1.49. The van der Waals surface area contributed by atoms with Crippen LogP contribution in [0.2, 0.25) is 0 Å². The first-order valence-electron chi connectivity index (χ1n) is 13.6. The van der Waals surface area contributed by atoms with Crippen molar-refractivity contribution in [2.75, 3.05) is 24.4 Å². The van der Waals surface area contributed by atoms with Crippen LogP contribution in [0.4, 0.5) is 27.3 Å². The van der Waals surface area contributed by atoms with Gasteiger partial charge in [-0.25, -0.2) is 14.4 Å². The van der Waals surface area contributed by atoms with E-state index in [9.17, 15) is 9.59 Å². The molecular formula is C33H27ClFN5O4S. The number of ether oxygens (including phenoxy) is 2. The maximum atomic E-state index is 15.8. The molecule has 0 radical (unpaired) electrons. The molecule has 0 aliphatic heterocycles. The second-order valence-electron chi connectivity index (χ2n) is 9.75. The summed E-state index contributed by atoms with van der Waals surface area (Å²) in [7, 11) is 3.04. The number of anilines is 4. The molecule has 0 saturated carbocycles. The molecule has 0 fully saturated rings. The molecular weight excluding hydrogens is 617 g/mol. The van der Waals surface area contributed by atoms with Crippen molar-refractivity contribution in [1.82, 2.24) is 15.3 Å². The average Bonchev–Trinajstić information content (AvgIpc) is 3.02. The van der Waals surface area contributed by atoms with E-state index in [0.717, 1.165) is 5.56 Å². The Kier molecular flexibility index (Phi) is 9.81. The highest BCUT2D eigenvalue weighted by atomic mass is 35.5. The molecule has 12 heteroatoms. The van der Waals surface area contributed by atoms with Crippen molar-refractivity contribution in [3.8, 4) is 11.5 Å². The smallest absolute Gasteiger partial charge is 0.230 e. The predicted molar refractivity (Wildman–Crippen MR) is 176 cm³/mol. The minimum atomic E-state index is -0.631. The molecule has 2 N–H and O–H groups in total. The molecule has 9 nitrogen and oxygen atoms in total. The van der Waals surface area contributed by atoms with Crippen molar-refractivity contribution in [1.29, 1.82) is 0 Å². The van der Waals surface area contributed by atoms with Gasteiger partial charge < -0.3 is 20.1 Å². The van der Waals surface area contributed by atoms with Crippen LogP contribution in [0.3, 0.4) is 0 Å². The van der Waals surface area contributed by atoms with Gasteiger partial charge in [-0.2, -0.15) is 0 Å². The van der Waals surface area contributed by atoms with Gasteiger partial charge in [0.15, 0.2) is 16.6 Å². The van der Waals surface area contributed by atoms with Gasteiger partial charge in [-0.05, 0) is 59.2 Å². The number of nitrogens with one attached hydrogen (secondary N) is 2. The van der Waals surface area contributed by atoms with Crippen molar-refractivity contribution >= 4 is 73.9 Å². The number of benzene rings is 4. The highest BCUT2D eigenvalue weighted by molar-refractivity contribution is 7.80. The molecule has 0 spiro atoms. The number of thiocarbonyl (C=S) groups is 1. The summed E-state index contributed by atoms with van der Waals surface area (Å²) in [5.41, 5.74) is 2.78.